The number of rotatable bonds is 5. The Morgan fingerprint density at radius 2 is 1.54 bits per heavy atom. The number of pyridine rings is 1. The Balaban J connectivity index is 1.30. The van der Waals surface area contributed by atoms with E-state index in [1.165, 1.54) is 64.5 Å². The van der Waals surface area contributed by atoms with E-state index in [0.717, 1.165) is 35.8 Å². The van der Waals surface area contributed by atoms with Crippen molar-refractivity contribution in [1.29, 1.82) is 0 Å². The first-order valence-corrected chi connectivity index (χ1v) is 10.6. The molecule has 0 spiro atoms. The second-order valence-corrected chi connectivity index (χ2v) is 8.41. The van der Waals surface area contributed by atoms with Gasteiger partial charge in [0.25, 0.3) is 5.56 Å². The highest BCUT2D eigenvalue weighted by Gasteiger charge is 2.23. The molecule has 26 heavy (non-hydrogen) atoms. The van der Waals surface area contributed by atoms with Gasteiger partial charge in [0.1, 0.15) is 0 Å². The van der Waals surface area contributed by atoms with Gasteiger partial charge in [0.2, 0.25) is 0 Å². The van der Waals surface area contributed by atoms with Crippen LogP contribution < -0.4 is 5.56 Å². The number of aromatic nitrogens is 1. The monoisotopic (exact) mass is 352 g/mol. The molecule has 0 bridgehead atoms. The van der Waals surface area contributed by atoms with E-state index in [0.29, 0.717) is 0 Å². The van der Waals surface area contributed by atoms with Crippen LogP contribution in [0.4, 0.5) is 0 Å². The van der Waals surface area contributed by atoms with E-state index in [1.807, 2.05) is 22.8 Å². The average Bonchev–Trinajstić information content (AvgIpc) is 2.69. The SMILES string of the molecule is O=c1ccc2ccccc2n1CCN1CCC(CC2CCCCC2)CC1. The lowest BCUT2D eigenvalue weighted by atomic mass is 9.80. The number of para-hydroxylation sites is 1. The minimum absolute atomic E-state index is 0.121. The van der Waals surface area contributed by atoms with Crippen LogP contribution in [0.1, 0.15) is 51.4 Å². The molecule has 140 valence electrons. The number of nitrogens with zero attached hydrogens (tertiary/aromatic N) is 2. The summed E-state index contributed by atoms with van der Waals surface area (Å²) in [5.74, 6) is 1.95. The fraction of sp³-hybridized carbons (Fsp3) is 0.609. The number of fused-ring (bicyclic) bond motifs is 1. The molecule has 2 fully saturated rings. The number of hydrogen-bond donors (Lipinski definition) is 0. The van der Waals surface area contributed by atoms with Gasteiger partial charge >= 0.3 is 0 Å². The summed E-state index contributed by atoms with van der Waals surface area (Å²) in [7, 11) is 0. The van der Waals surface area contributed by atoms with E-state index in [1.54, 1.807) is 6.07 Å². The van der Waals surface area contributed by atoms with E-state index in [2.05, 4.69) is 17.0 Å². The molecule has 2 heterocycles. The molecule has 0 N–H and O–H groups in total. The molecule has 2 aliphatic rings. The first-order valence-electron chi connectivity index (χ1n) is 10.6. The van der Waals surface area contributed by atoms with Crippen molar-refractivity contribution in [2.75, 3.05) is 19.6 Å². The number of piperidine rings is 1. The standard InChI is InChI=1S/C23H32N2O/c26-23-11-10-21-8-4-5-9-22(21)25(23)17-16-24-14-12-20(13-15-24)18-19-6-2-1-3-7-19/h4-5,8-11,19-20H,1-3,6-7,12-18H2. The summed E-state index contributed by atoms with van der Waals surface area (Å²) >= 11 is 0. The molecule has 1 saturated carbocycles. The molecule has 0 radical (unpaired) electrons. The summed E-state index contributed by atoms with van der Waals surface area (Å²) in [6, 6.07) is 11.8. The lowest BCUT2D eigenvalue weighted by Gasteiger charge is -2.34. The van der Waals surface area contributed by atoms with Gasteiger partial charge in [-0.1, -0.05) is 50.3 Å². The maximum absolute atomic E-state index is 12.3. The summed E-state index contributed by atoms with van der Waals surface area (Å²) in [5, 5.41) is 1.15. The average molecular weight is 353 g/mol. The Kier molecular flexibility index (Phi) is 5.74. The Bertz CT molecular complexity index is 767. The predicted octanol–water partition coefficient (Wildman–Crippen LogP) is 4.68. The molecular formula is C23H32N2O. The lowest BCUT2D eigenvalue weighted by molar-refractivity contribution is 0.154. The fourth-order valence-corrected chi connectivity index (χ4v) is 5.06. The summed E-state index contributed by atoms with van der Waals surface area (Å²) in [6.07, 6.45) is 11.5. The van der Waals surface area contributed by atoms with E-state index in [-0.39, 0.29) is 5.56 Å². The van der Waals surface area contributed by atoms with Gasteiger partial charge in [-0.25, -0.2) is 0 Å². The first kappa shape index (κ1) is 17.8. The highest BCUT2D eigenvalue weighted by molar-refractivity contribution is 5.78. The van der Waals surface area contributed by atoms with Gasteiger partial charge in [-0.3, -0.25) is 4.79 Å². The minimum atomic E-state index is 0.121. The third kappa shape index (κ3) is 4.20. The second-order valence-electron chi connectivity index (χ2n) is 8.41. The van der Waals surface area contributed by atoms with Crippen LogP contribution in [0, 0.1) is 11.8 Å². The predicted molar refractivity (Wildman–Crippen MR) is 109 cm³/mol. The van der Waals surface area contributed by atoms with Crippen LogP contribution in [0.3, 0.4) is 0 Å². The first-order chi connectivity index (χ1) is 12.8. The topological polar surface area (TPSA) is 25.2 Å². The van der Waals surface area contributed by atoms with Crippen LogP contribution in [-0.2, 0) is 6.54 Å². The Labute approximate surface area is 157 Å². The van der Waals surface area contributed by atoms with Crippen LogP contribution in [0.5, 0.6) is 0 Å². The third-order valence-corrected chi connectivity index (χ3v) is 6.64. The molecule has 1 saturated heterocycles. The van der Waals surface area contributed by atoms with Gasteiger partial charge in [-0.15, -0.1) is 0 Å². The molecule has 1 aromatic heterocycles. The summed E-state index contributed by atoms with van der Waals surface area (Å²) < 4.78 is 1.95. The molecule has 3 nitrogen and oxygen atoms in total. The van der Waals surface area contributed by atoms with Gasteiger partial charge in [-0.2, -0.15) is 0 Å². The van der Waals surface area contributed by atoms with Crippen molar-refractivity contribution < 1.29 is 0 Å². The Morgan fingerprint density at radius 1 is 0.808 bits per heavy atom. The smallest absolute Gasteiger partial charge is 0.251 e. The zero-order valence-corrected chi connectivity index (χ0v) is 15.9. The molecule has 1 aliphatic heterocycles. The van der Waals surface area contributed by atoms with E-state index in [4.69, 9.17) is 0 Å². The van der Waals surface area contributed by atoms with Crippen molar-refractivity contribution in [3.05, 3.63) is 46.8 Å². The Hall–Kier alpha value is -1.61. The van der Waals surface area contributed by atoms with Crippen molar-refractivity contribution in [2.45, 2.75) is 57.9 Å². The van der Waals surface area contributed by atoms with E-state index < -0.39 is 0 Å². The second kappa shape index (κ2) is 8.39. The molecule has 0 unspecified atom stereocenters. The van der Waals surface area contributed by atoms with Gasteiger partial charge in [0, 0.05) is 19.2 Å². The van der Waals surface area contributed by atoms with Crippen molar-refractivity contribution in [3.63, 3.8) is 0 Å². The van der Waals surface area contributed by atoms with Crippen molar-refractivity contribution in [3.8, 4) is 0 Å². The number of benzene rings is 1. The molecule has 1 aromatic carbocycles. The minimum Gasteiger partial charge on any atom is -0.307 e. The molecule has 1 aliphatic carbocycles. The van der Waals surface area contributed by atoms with Crippen molar-refractivity contribution >= 4 is 10.9 Å². The van der Waals surface area contributed by atoms with Crippen LogP contribution in [0.25, 0.3) is 10.9 Å². The van der Waals surface area contributed by atoms with Crippen LogP contribution in [0.15, 0.2) is 41.2 Å². The largest absolute Gasteiger partial charge is 0.307 e. The maximum atomic E-state index is 12.3. The summed E-state index contributed by atoms with van der Waals surface area (Å²) in [5.41, 5.74) is 1.18. The van der Waals surface area contributed by atoms with Crippen molar-refractivity contribution in [2.24, 2.45) is 11.8 Å². The molecule has 0 amide bonds. The number of likely N-dealkylation sites (tertiary alicyclic amines) is 1. The molecule has 0 atom stereocenters. The quantitative estimate of drug-likeness (QED) is 0.780. The highest BCUT2D eigenvalue weighted by atomic mass is 16.1. The number of hydrogen-bond acceptors (Lipinski definition) is 2. The summed E-state index contributed by atoms with van der Waals surface area (Å²) in [6.45, 7) is 4.20. The summed E-state index contributed by atoms with van der Waals surface area (Å²) in [4.78, 5) is 14.9. The zero-order chi connectivity index (χ0) is 17.8. The van der Waals surface area contributed by atoms with Gasteiger partial charge in [0.05, 0.1) is 5.52 Å². The normalized spacial score (nSPS) is 20.6. The van der Waals surface area contributed by atoms with E-state index >= 15 is 0 Å². The molecular weight excluding hydrogens is 320 g/mol. The lowest BCUT2D eigenvalue weighted by Crippen LogP contribution is -2.37. The zero-order valence-electron chi connectivity index (χ0n) is 15.9. The maximum Gasteiger partial charge on any atom is 0.251 e. The van der Waals surface area contributed by atoms with Gasteiger partial charge in [-0.05, 0) is 61.7 Å². The van der Waals surface area contributed by atoms with E-state index in [9.17, 15) is 4.79 Å². The fourth-order valence-electron chi connectivity index (χ4n) is 5.06. The Morgan fingerprint density at radius 3 is 2.35 bits per heavy atom. The molecule has 2 aromatic rings. The van der Waals surface area contributed by atoms with Crippen molar-refractivity contribution in [1.82, 2.24) is 9.47 Å². The highest BCUT2D eigenvalue weighted by Crippen LogP contribution is 2.32. The van der Waals surface area contributed by atoms with Gasteiger partial charge < -0.3 is 9.47 Å². The van der Waals surface area contributed by atoms with Crippen LogP contribution in [0.2, 0.25) is 0 Å². The molecule has 4 rings (SSSR count). The molecule has 3 heteroatoms. The van der Waals surface area contributed by atoms with Crippen LogP contribution in [-0.4, -0.2) is 29.1 Å². The van der Waals surface area contributed by atoms with Crippen LogP contribution >= 0.6 is 0 Å². The third-order valence-electron chi connectivity index (χ3n) is 6.64. The van der Waals surface area contributed by atoms with Gasteiger partial charge in [0.15, 0.2) is 0 Å².